The Labute approximate surface area is 124 Å². The monoisotopic (exact) mass is 300 g/mol. The Kier molecular flexibility index (Phi) is 6.98. The normalized spacial score (nSPS) is 23.0. The van der Waals surface area contributed by atoms with Gasteiger partial charge in [0.1, 0.15) is 6.04 Å². The summed E-state index contributed by atoms with van der Waals surface area (Å²) in [5.74, 6) is -1.51. The molecule has 0 bridgehead atoms. The van der Waals surface area contributed by atoms with E-state index in [-0.39, 0.29) is 12.5 Å². The smallest absolute Gasteiger partial charge is 0.326 e. The van der Waals surface area contributed by atoms with Gasteiger partial charge in [-0.25, -0.2) is 9.59 Å². The number of methoxy groups -OCH3 is 1. The highest BCUT2D eigenvalue weighted by Crippen LogP contribution is 2.26. The predicted octanol–water partition coefficient (Wildman–Crippen LogP) is 1.27. The number of urea groups is 1. The lowest BCUT2D eigenvalue weighted by Crippen LogP contribution is -2.51. The van der Waals surface area contributed by atoms with Crippen molar-refractivity contribution in [2.75, 3.05) is 7.11 Å². The zero-order valence-corrected chi connectivity index (χ0v) is 12.6. The van der Waals surface area contributed by atoms with Gasteiger partial charge in [-0.2, -0.15) is 0 Å². The molecule has 0 saturated heterocycles. The molecule has 120 valence electrons. The maximum Gasteiger partial charge on any atom is 0.326 e. The van der Waals surface area contributed by atoms with Crippen molar-refractivity contribution in [3.05, 3.63) is 0 Å². The van der Waals surface area contributed by atoms with Crippen LogP contribution in [-0.4, -0.2) is 42.3 Å². The number of carbonyl (C=O) groups is 3. The van der Waals surface area contributed by atoms with Crippen LogP contribution in [0.25, 0.3) is 0 Å². The number of nitrogens with one attached hydrogen (secondary N) is 2. The van der Waals surface area contributed by atoms with E-state index in [0.29, 0.717) is 5.92 Å². The van der Waals surface area contributed by atoms with Crippen LogP contribution in [0.3, 0.4) is 0 Å². The van der Waals surface area contributed by atoms with Crippen LogP contribution in [0.2, 0.25) is 0 Å². The molecular weight excluding hydrogens is 276 g/mol. The summed E-state index contributed by atoms with van der Waals surface area (Å²) in [5.41, 5.74) is 0. The Hall–Kier alpha value is -1.79. The third kappa shape index (κ3) is 5.61. The summed E-state index contributed by atoms with van der Waals surface area (Å²) >= 11 is 0. The molecule has 21 heavy (non-hydrogen) atoms. The van der Waals surface area contributed by atoms with Crippen molar-refractivity contribution < 1.29 is 24.2 Å². The standard InChI is InChI=1S/C14H24N2O5/c1-3-9-6-4-5-7-10(9)15-14(20)16-11(13(18)19)8-12(17)21-2/h9-11H,3-8H2,1-2H3,(H,18,19)(H2,15,16,20)/t9?,10?,11-/m0/s1. The number of esters is 1. The van der Waals surface area contributed by atoms with Gasteiger partial charge in [-0.05, 0) is 18.8 Å². The number of carboxylic acids is 1. The molecule has 7 heteroatoms. The summed E-state index contributed by atoms with van der Waals surface area (Å²) in [6.07, 6.45) is 4.80. The molecule has 0 aromatic rings. The van der Waals surface area contributed by atoms with Crippen molar-refractivity contribution in [2.45, 2.75) is 57.5 Å². The van der Waals surface area contributed by atoms with Crippen LogP contribution in [0.5, 0.6) is 0 Å². The summed E-state index contributed by atoms with van der Waals surface area (Å²) < 4.78 is 4.42. The second-order valence-electron chi connectivity index (χ2n) is 5.35. The Morgan fingerprint density at radius 1 is 1.29 bits per heavy atom. The van der Waals surface area contributed by atoms with E-state index >= 15 is 0 Å². The van der Waals surface area contributed by atoms with Crippen molar-refractivity contribution in [1.29, 1.82) is 0 Å². The molecule has 2 amide bonds. The number of rotatable bonds is 6. The lowest BCUT2D eigenvalue weighted by atomic mass is 9.83. The largest absolute Gasteiger partial charge is 0.480 e. The number of aliphatic carboxylic acids is 1. The number of ether oxygens (including phenoxy) is 1. The fourth-order valence-corrected chi connectivity index (χ4v) is 2.70. The summed E-state index contributed by atoms with van der Waals surface area (Å²) in [6, 6.07) is -1.76. The maximum atomic E-state index is 11.9. The first-order valence-corrected chi connectivity index (χ1v) is 7.34. The fourth-order valence-electron chi connectivity index (χ4n) is 2.70. The second kappa shape index (κ2) is 8.49. The van der Waals surface area contributed by atoms with Gasteiger partial charge in [0.15, 0.2) is 0 Å². The quantitative estimate of drug-likeness (QED) is 0.641. The first-order valence-electron chi connectivity index (χ1n) is 7.34. The van der Waals surface area contributed by atoms with Crippen LogP contribution in [0.4, 0.5) is 4.79 Å². The molecule has 1 aliphatic carbocycles. The number of carboxylic acid groups (broad SMARTS) is 1. The Morgan fingerprint density at radius 3 is 2.52 bits per heavy atom. The molecule has 1 rings (SSSR count). The topological polar surface area (TPSA) is 105 Å². The Morgan fingerprint density at radius 2 is 1.95 bits per heavy atom. The third-order valence-corrected chi connectivity index (χ3v) is 3.95. The molecule has 3 N–H and O–H groups in total. The summed E-state index contributed by atoms with van der Waals surface area (Å²) in [4.78, 5) is 34.1. The van der Waals surface area contributed by atoms with Gasteiger partial charge >= 0.3 is 18.0 Å². The second-order valence-corrected chi connectivity index (χ2v) is 5.35. The first-order chi connectivity index (χ1) is 9.97. The predicted molar refractivity (Wildman–Crippen MR) is 75.8 cm³/mol. The number of carbonyl (C=O) groups excluding carboxylic acids is 2. The van der Waals surface area contributed by atoms with E-state index in [1.54, 1.807) is 0 Å². The molecule has 3 atom stereocenters. The van der Waals surface area contributed by atoms with E-state index in [0.717, 1.165) is 25.7 Å². The van der Waals surface area contributed by atoms with Gasteiger partial charge in [0.25, 0.3) is 0 Å². The van der Waals surface area contributed by atoms with Crippen LogP contribution < -0.4 is 10.6 Å². The van der Waals surface area contributed by atoms with Crippen molar-refractivity contribution in [2.24, 2.45) is 5.92 Å². The van der Waals surface area contributed by atoms with Crippen LogP contribution in [-0.2, 0) is 14.3 Å². The van der Waals surface area contributed by atoms with Gasteiger partial charge in [0.2, 0.25) is 0 Å². The molecule has 0 aliphatic heterocycles. The van der Waals surface area contributed by atoms with E-state index in [1.807, 2.05) is 0 Å². The van der Waals surface area contributed by atoms with Crippen molar-refractivity contribution in [3.63, 3.8) is 0 Å². The van der Waals surface area contributed by atoms with Gasteiger partial charge in [0, 0.05) is 6.04 Å². The van der Waals surface area contributed by atoms with Crippen molar-refractivity contribution in [1.82, 2.24) is 10.6 Å². The molecule has 1 aliphatic rings. The van der Waals surface area contributed by atoms with Crippen LogP contribution in [0.1, 0.15) is 45.4 Å². The van der Waals surface area contributed by atoms with E-state index in [2.05, 4.69) is 22.3 Å². The summed E-state index contributed by atoms with van der Waals surface area (Å²) in [6.45, 7) is 2.08. The molecule has 0 aromatic carbocycles. The zero-order chi connectivity index (χ0) is 15.8. The minimum absolute atomic E-state index is 0.0660. The molecule has 0 spiro atoms. The molecule has 7 nitrogen and oxygen atoms in total. The lowest BCUT2D eigenvalue weighted by Gasteiger charge is -2.31. The van der Waals surface area contributed by atoms with Crippen LogP contribution in [0, 0.1) is 5.92 Å². The average molecular weight is 300 g/mol. The van der Waals surface area contributed by atoms with Crippen molar-refractivity contribution in [3.8, 4) is 0 Å². The minimum atomic E-state index is -1.28. The molecule has 0 radical (unpaired) electrons. The fraction of sp³-hybridized carbons (Fsp3) is 0.786. The molecule has 0 aromatic heterocycles. The van der Waals surface area contributed by atoms with Gasteiger partial charge in [-0.1, -0.05) is 26.2 Å². The number of hydrogen-bond donors (Lipinski definition) is 3. The molecule has 0 heterocycles. The van der Waals surface area contributed by atoms with Gasteiger partial charge in [-0.3, -0.25) is 4.79 Å². The molecule has 2 unspecified atom stereocenters. The number of hydrogen-bond acceptors (Lipinski definition) is 4. The van der Waals surface area contributed by atoms with E-state index in [9.17, 15) is 14.4 Å². The highest BCUT2D eigenvalue weighted by Gasteiger charge is 2.28. The highest BCUT2D eigenvalue weighted by molar-refractivity contribution is 5.86. The van der Waals surface area contributed by atoms with E-state index < -0.39 is 24.0 Å². The van der Waals surface area contributed by atoms with E-state index in [4.69, 9.17) is 5.11 Å². The van der Waals surface area contributed by atoms with Gasteiger partial charge in [-0.15, -0.1) is 0 Å². The van der Waals surface area contributed by atoms with E-state index in [1.165, 1.54) is 13.5 Å². The highest BCUT2D eigenvalue weighted by atomic mass is 16.5. The molecule has 1 fully saturated rings. The molecular formula is C14H24N2O5. The lowest BCUT2D eigenvalue weighted by molar-refractivity contribution is -0.147. The summed E-state index contributed by atoms with van der Waals surface area (Å²) in [7, 11) is 1.18. The zero-order valence-electron chi connectivity index (χ0n) is 12.6. The average Bonchev–Trinajstić information content (AvgIpc) is 2.46. The van der Waals surface area contributed by atoms with Gasteiger partial charge in [0.05, 0.1) is 13.5 Å². The van der Waals surface area contributed by atoms with Gasteiger partial charge < -0.3 is 20.5 Å². The Balaban J connectivity index is 2.52. The third-order valence-electron chi connectivity index (χ3n) is 3.95. The van der Waals surface area contributed by atoms with Crippen LogP contribution >= 0.6 is 0 Å². The maximum absolute atomic E-state index is 11.9. The van der Waals surface area contributed by atoms with Crippen LogP contribution in [0.15, 0.2) is 0 Å². The SMILES string of the molecule is CCC1CCCCC1NC(=O)N[C@@H](CC(=O)OC)C(=O)O. The molecule has 1 saturated carbocycles. The first kappa shape index (κ1) is 17.3. The number of amides is 2. The van der Waals surface area contributed by atoms with Crippen molar-refractivity contribution >= 4 is 18.0 Å². The minimum Gasteiger partial charge on any atom is -0.480 e. The Bertz CT molecular complexity index is 386. The summed E-state index contributed by atoms with van der Waals surface area (Å²) in [5, 5.41) is 14.2.